The first-order chi connectivity index (χ1) is 26.7. The zero-order valence-corrected chi connectivity index (χ0v) is 30.4. The van der Waals surface area contributed by atoms with Crippen LogP contribution in [0.3, 0.4) is 0 Å². The zero-order valence-electron chi connectivity index (χ0n) is 28.8. The van der Waals surface area contributed by atoms with Crippen molar-refractivity contribution in [1.82, 2.24) is 19.9 Å². The Kier molecular flexibility index (Phi) is 7.18. The van der Waals surface area contributed by atoms with Crippen molar-refractivity contribution >= 4 is 74.6 Å². The van der Waals surface area contributed by atoms with Gasteiger partial charge in [-0.3, -0.25) is 0 Å². The van der Waals surface area contributed by atoms with Gasteiger partial charge in [-0.05, 0) is 63.0 Å². The summed E-state index contributed by atoms with van der Waals surface area (Å²) in [5, 5.41) is 8.17. The normalized spacial score (nSPS) is 11.7. The molecule has 0 aliphatic rings. The Morgan fingerprint density at radius 2 is 1.00 bits per heavy atom. The van der Waals surface area contributed by atoms with Crippen molar-refractivity contribution in [1.29, 1.82) is 0 Å². The van der Waals surface area contributed by atoms with Crippen LogP contribution in [0.25, 0.3) is 108 Å². The van der Waals surface area contributed by atoms with Crippen molar-refractivity contribution in [2.24, 2.45) is 0 Å². The van der Waals surface area contributed by atoms with Crippen LogP contribution in [0.4, 0.5) is 0 Å². The number of thiazole rings is 1. The van der Waals surface area contributed by atoms with Gasteiger partial charge in [0.1, 0.15) is 5.01 Å². The van der Waals surface area contributed by atoms with E-state index in [0.717, 1.165) is 48.9 Å². The molecule has 0 aliphatic heterocycles. The van der Waals surface area contributed by atoms with Crippen LogP contribution < -0.4 is 0 Å². The first kappa shape index (κ1) is 31.0. The average Bonchev–Trinajstić information content (AvgIpc) is 3.83. The zero-order chi connectivity index (χ0) is 35.6. The summed E-state index contributed by atoms with van der Waals surface area (Å²) in [5.74, 6) is 1.95. The van der Waals surface area contributed by atoms with Gasteiger partial charge in [-0.2, -0.15) is 0 Å². The molecule has 0 aliphatic carbocycles. The molecule has 11 aromatic rings. The molecule has 0 atom stereocenters. The molecule has 0 saturated carbocycles. The number of benzene rings is 8. The highest BCUT2D eigenvalue weighted by Crippen LogP contribution is 2.45. The minimum Gasteiger partial charge on any atom is -0.236 e. The Bertz CT molecular complexity index is 3220. The van der Waals surface area contributed by atoms with Crippen molar-refractivity contribution in [2.75, 3.05) is 0 Å². The van der Waals surface area contributed by atoms with E-state index in [2.05, 4.69) is 146 Å². The summed E-state index contributed by atoms with van der Waals surface area (Å²) >= 11 is 3.59. The van der Waals surface area contributed by atoms with Gasteiger partial charge in [-0.15, -0.1) is 22.7 Å². The van der Waals surface area contributed by atoms with E-state index in [1.54, 1.807) is 11.3 Å². The second kappa shape index (κ2) is 12.5. The van der Waals surface area contributed by atoms with Crippen molar-refractivity contribution in [2.45, 2.75) is 0 Å². The molecule has 3 heterocycles. The van der Waals surface area contributed by atoms with E-state index in [9.17, 15) is 0 Å². The molecule has 3 aromatic heterocycles. The fourth-order valence-electron chi connectivity index (χ4n) is 7.57. The minimum absolute atomic E-state index is 0.649. The van der Waals surface area contributed by atoms with E-state index in [1.807, 2.05) is 35.6 Å². The van der Waals surface area contributed by atoms with E-state index in [0.29, 0.717) is 17.5 Å². The first-order valence-electron chi connectivity index (χ1n) is 17.9. The van der Waals surface area contributed by atoms with Crippen LogP contribution in [0.2, 0.25) is 0 Å². The number of nitrogens with zero attached hydrogens (tertiary/aromatic N) is 4. The maximum Gasteiger partial charge on any atom is 0.164 e. The maximum atomic E-state index is 5.17. The lowest BCUT2D eigenvalue weighted by molar-refractivity contribution is 1.08. The highest BCUT2D eigenvalue weighted by Gasteiger charge is 2.19. The van der Waals surface area contributed by atoms with Crippen molar-refractivity contribution in [3.63, 3.8) is 0 Å². The molecule has 8 aromatic carbocycles. The molecule has 0 unspecified atom stereocenters. The SMILES string of the molecule is c1ccc(-c2nc(-c3ccc4ccccc4c3)nc(-c3ccc(-c4cccc5sc6cc7nc(-c8ccccc8)sc7cc6c45)c4ccccc34)n2)cc1. The van der Waals surface area contributed by atoms with Gasteiger partial charge in [0, 0.05) is 42.4 Å². The summed E-state index contributed by atoms with van der Waals surface area (Å²) in [6.45, 7) is 0. The maximum absolute atomic E-state index is 5.17. The Morgan fingerprint density at radius 3 is 1.81 bits per heavy atom. The number of hydrogen-bond acceptors (Lipinski definition) is 6. The third kappa shape index (κ3) is 5.18. The van der Waals surface area contributed by atoms with Crippen LogP contribution in [0.15, 0.2) is 170 Å². The topological polar surface area (TPSA) is 51.6 Å². The third-order valence-corrected chi connectivity index (χ3v) is 12.3. The Balaban J connectivity index is 1.09. The summed E-state index contributed by atoms with van der Waals surface area (Å²) < 4.78 is 3.71. The van der Waals surface area contributed by atoms with Gasteiger partial charge in [-0.1, -0.05) is 140 Å². The molecule has 0 amide bonds. The summed E-state index contributed by atoms with van der Waals surface area (Å²) in [6.07, 6.45) is 0. The van der Waals surface area contributed by atoms with E-state index < -0.39 is 0 Å². The Labute approximate surface area is 318 Å². The molecule has 0 N–H and O–H groups in total. The van der Waals surface area contributed by atoms with Crippen LogP contribution in [0.5, 0.6) is 0 Å². The number of rotatable bonds is 5. The highest BCUT2D eigenvalue weighted by molar-refractivity contribution is 7.26. The monoisotopic (exact) mass is 724 g/mol. The fraction of sp³-hybridized carbons (Fsp3) is 0. The number of aromatic nitrogens is 4. The molecule has 0 radical (unpaired) electrons. The molecule has 54 heavy (non-hydrogen) atoms. The summed E-state index contributed by atoms with van der Waals surface area (Å²) in [6, 6.07) is 59.8. The van der Waals surface area contributed by atoms with Crippen LogP contribution in [-0.4, -0.2) is 19.9 Å². The molecule has 0 bridgehead atoms. The largest absolute Gasteiger partial charge is 0.236 e. The lowest BCUT2D eigenvalue weighted by atomic mass is 9.92. The molecule has 11 rings (SSSR count). The lowest BCUT2D eigenvalue weighted by Crippen LogP contribution is -2.00. The average molecular weight is 725 g/mol. The summed E-state index contributed by atoms with van der Waals surface area (Å²) in [4.78, 5) is 20.4. The predicted octanol–water partition coefficient (Wildman–Crippen LogP) is 13.5. The highest BCUT2D eigenvalue weighted by atomic mass is 32.1. The van der Waals surface area contributed by atoms with Crippen molar-refractivity contribution in [3.05, 3.63) is 170 Å². The van der Waals surface area contributed by atoms with Crippen LogP contribution in [0, 0.1) is 0 Å². The van der Waals surface area contributed by atoms with Gasteiger partial charge in [0.25, 0.3) is 0 Å². The smallest absolute Gasteiger partial charge is 0.164 e. The van der Waals surface area contributed by atoms with Gasteiger partial charge in [0.15, 0.2) is 17.5 Å². The second-order valence-electron chi connectivity index (χ2n) is 13.4. The van der Waals surface area contributed by atoms with Crippen molar-refractivity contribution in [3.8, 4) is 55.9 Å². The molecule has 0 saturated heterocycles. The van der Waals surface area contributed by atoms with Crippen molar-refractivity contribution < 1.29 is 0 Å². The van der Waals surface area contributed by atoms with Gasteiger partial charge >= 0.3 is 0 Å². The number of hydrogen-bond donors (Lipinski definition) is 0. The van der Waals surface area contributed by atoms with Crippen LogP contribution in [-0.2, 0) is 0 Å². The Morgan fingerprint density at radius 1 is 0.333 bits per heavy atom. The lowest BCUT2D eigenvalue weighted by Gasteiger charge is -2.14. The fourth-order valence-corrected chi connectivity index (χ4v) is 9.71. The predicted molar refractivity (Wildman–Crippen MR) is 228 cm³/mol. The van der Waals surface area contributed by atoms with E-state index in [1.165, 1.54) is 41.4 Å². The molecular formula is C48H28N4S2. The molecule has 4 nitrogen and oxygen atoms in total. The second-order valence-corrected chi connectivity index (χ2v) is 15.5. The molecule has 6 heteroatoms. The van der Waals surface area contributed by atoms with Crippen LogP contribution >= 0.6 is 22.7 Å². The van der Waals surface area contributed by atoms with Gasteiger partial charge in [0.2, 0.25) is 0 Å². The van der Waals surface area contributed by atoms with Gasteiger partial charge in [-0.25, -0.2) is 19.9 Å². The molecular weight excluding hydrogens is 697 g/mol. The van der Waals surface area contributed by atoms with Crippen LogP contribution in [0.1, 0.15) is 0 Å². The number of fused-ring (bicyclic) bond motifs is 6. The first-order valence-corrected chi connectivity index (χ1v) is 19.5. The van der Waals surface area contributed by atoms with E-state index in [-0.39, 0.29) is 0 Å². The van der Waals surface area contributed by atoms with E-state index in [4.69, 9.17) is 19.9 Å². The van der Waals surface area contributed by atoms with Gasteiger partial charge < -0.3 is 0 Å². The molecule has 252 valence electrons. The third-order valence-electron chi connectivity index (χ3n) is 10.2. The summed E-state index contributed by atoms with van der Waals surface area (Å²) in [7, 11) is 0. The minimum atomic E-state index is 0.649. The molecule has 0 fully saturated rings. The quantitative estimate of drug-likeness (QED) is 0.177. The number of thiophene rings is 1. The molecule has 0 spiro atoms. The Hall–Kier alpha value is -6.60. The standard InChI is InChI=1S/C48H28N4S2/c1-3-13-30(14-4-1)45-50-46(33-23-22-29-12-7-8-17-32(29)26-33)52-47(51-45)38-25-24-36(34-18-9-10-19-35(34)38)37-20-11-21-41-44(37)39-27-43-40(28-42(39)53-41)49-48(54-43)31-15-5-2-6-16-31/h1-28H. The van der Waals surface area contributed by atoms with Gasteiger partial charge in [0.05, 0.1) is 10.2 Å². The summed E-state index contributed by atoms with van der Waals surface area (Å²) in [5.41, 5.74) is 7.47. The van der Waals surface area contributed by atoms with E-state index >= 15 is 0 Å².